The van der Waals surface area contributed by atoms with Gasteiger partial charge >= 0.3 is 0 Å². The maximum Gasteiger partial charge on any atom is 0.227 e. The Balaban J connectivity index is 1.45. The third-order valence-corrected chi connectivity index (χ3v) is 5.57. The number of piperazine rings is 1. The van der Waals surface area contributed by atoms with Crippen molar-refractivity contribution < 1.29 is 4.79 Å². The van der Waals surface area contributed by atoms with Crippen molar-refractivity contribution in [2.45, 2.75) is 25.3 Å². The highest BCUT2D eigenvalue weighted by molar-refractivity contribution is 5.79. The number of rotatable bonds is 2. The molecule has 3 rings (SSSR count). The Hall–Kier alpha value is -0.650. The lowest BCUT2D eigenvalue weighted by Gasteiger charge is -2.42. The van der Waals surface area contributed by atoms with E-state index in [9.17, 15) is 4.79 Å². The molecule has 0 aromatic rings. The summed E-state index contributed by atoms with van der Waals surface area (Å²) in [7, 11) is 4.33. The van der Waals surface area contributed by atoms with Gasteiger partial charge < -0.3 is 14.7 Å². The molecule has 0 radical (unpaired) electrons. The number of carbonyl (C=O) groups excluding carboxylic acids is 1. The van der Waals surface area contributed by atoms with Gasteiger partial charge in [0.2, 0.25) is 5.91 Å². The van der Waals surface area contributed by atoms with E-state index in [-0.39, 0.29) is 5.92 Å². The van der Waals surface area contributed by atoms with Gasteiger partial charge in [0.05, 0.1) is 5.92 Å². The molecule has 0 aliphatic carbocycles. The molecule has 21 heavy (non-hydrogen) atoms. The summed E-state index contributed by atoms with van der Waals surface area (Å²) in [5, 5.41) is 0. The Bertz CT molecular complexity index is 359. The molecular formula is C16H30N4O. The van der Waals surface area contributed by atoms with Crippen LogP contribution in [0.5, 0.6) is 0 Å². The second-order valence-corrected chi connectivity index (χ2v) is 7.14. The van der Waals surface area contributed by atoms with Gasteiger partial charge in [0, 0.05) is 38.8 Å². The number of hydrogen-bond donors (Lipinski definition) is 0. The van der Waals surface area contributed by atoms with Gasteiger partial charge in [-0.05, 0) is 53.0 Å². The van der Waals surface area contributed by atoms with Crippen LogP contribution in [0.1, 0.15) is 19.3 Å². The van der Waals surface area contributed by atoms with Crippen LogP contribution in [0.15, 0.2) is 0 Å². The third-order valence-electron chi connectivity index (χ3n) is 5.57. The second-order valence-electron chi connectivity index (χ2n) is 7.14. The molecular weight excluding hydrogens is 264 g/mol. The normalized spacial score (nSPS) is 31.0. The number of amides is 1. The standard InChI is InChI=1S/C16H30N4O/c1-17-7-4-15(5-8-17)19-9-11-20(12-10-19)16(21)14-3-6-18(2)13-14/h14-15H,3-13H2,1-2H3/t14-/m1/s1. The molecule has 0 aromatic carbocycles. The van der Waals surface area contributed by atoms with E-state index in [1.807, 2.05) is 0 Å². The van der Waals surface area contributed by atoms with Crippen molar-refractivity contribution in [2.24, 2.45) is 5.92 Å². The monoisotopic (exact) mass is 294 g/mol. The van der Waals surface area contributed by atoms with Crippen molar-refractivity contribution in [2.75, 3.05) is 66.5 Å². The zero-order valence-corrected chi connectivity index (χ0v) is 13.6. The molecule has 1 amide bonds. The van der Waals surface area contributed by atoms with Crippen LogP contribution in [-0.2, 0) is 4.79 Å². The van der Waals surface area contributed by atoms with Gasteiger partial charge in [-0.1, -0.05) is 0 Å². The number of likely N-dealkylation sites (tertiary alicyclic amines) is 2. The molecule has 0 aromatic heterocycles. The minimum absolute atomic E-state index is 0.255. The van der Waals surface area contributed by atoms with Crippen LogP contribution in [0, 0.1) is 5.92 Å². The molecule has 120 valence electrons. The molecule has 3 aliphatic heterocycles. The van der Waals surface area contributed by atoms with Crippen LogP contribution < -0.4 is 0 Å². The summed E-state index contributed by atoms with van der Waals surface area (Å²) in [5.74, 6) is 0.659. The molecule has 0 saturated carbocycles. The molecule has 3 fully saturated rings. The molecule has 0 bridgehead atoms. The van der Waals surface area contributed by atoms with Gasteiger partial charge in [-0.25, -0.2) is 0 Å². The largest absolute Gasteiger partial charge is 0.340 e. The Morgan fingerprint density at radius 3 is 2.00 bits per heavy atom. The first kappa shape index (κ1) is 15.3. The van der Waals surface area contributed by atoms with E-state index in [4.69, 9.17) is 0 Å². The zero-order chi connectivity index (χ0) is 14.8. The lowest BCUT2D eigenvalue weighted by atomic mass is 10.0. The fraction of sp³-hybridized carbons (Fsp3) is 0.938. The van der Waals surface area contributed by atoms with Crippen molar-refractivity contribution in [1.29, 1.82) is 0 Å². The lowest BCUT2D eigenvalue weighted by molar-refractivity contribution is -0.137. The second kappa shape index (κ2) is 6.63. The van der Waals surface area contributed by atoms with Gasteiger partial charge in [-0.15, -0.1) is 0 Å². The summed E-state index contributed by atoms with van der Waals surface area (Å²) in [6, 6.07) is 0.746. The minimum atomic E-state index is 0.255. The van der Waals surface area contributed by atoms with Crippen molar-refractivity contribution in [3.05, 3.63) is 0 Å². The smallest absolute Gasteiger partial charge is 0.227 e. The van der Waals surface area contributed by atoms with Gasteiger partial charge in [-0.2, -0.15) is 0 Å². The zero-order valence-electron chi connectivity index (χ0n) is 13.6. The van der Waals surface area contributed by atoms with E-state index in [2.05, 4.69) is 33.7 Å². The maximum atomic E-state index is 12.5. The van der Waals surface area contributed by atoms with E-state index in [1.54, 1.807) is 0 Å². The van der Waals surface area contributed by atoms with E-state index in [1.165, 1.54) is 25.9 Å². The average molecular weight is 294 g/mol. The van der Waals surface area contributed by atoms with Crippen molar-refractivity contribution in [1.82, 2.24) is 19.6 Å². The number of carbonyl (C=O) groups is 1. The first-order valence-corrected chi connectivity index (χ1v) is 8.53. The van der Waals surface area contributed by atoms with E-state index in [0.29, 0.717) is 5.91 Å². The van der Waals surface area contributed by atoms with Crippen LogP contribution in [-0.4, -0.2) is 98.0 Å². The third kappa shape index (κ3) is 3.58. The average Bonchev–Trinajstić information content (AvgIpc) is 2.94. The Labute approximate surface area is 128 Å². The van der Waals surface area contributed by atoms with Crippen LogP contribution in [0.4, 0.5) is 0 Å². The molecule has 1 atom stereocenters. The van der Waals surface area contributed by atoms with Gasteiger partial charge in [0.1, 0.15) is 0 Å². The first-order chi connectivity index (χ1) is 10.1. The Morgan fingerprint density at radius 1 is 0.810 bits per heavy atom. The molecule has 0 unspecified atom stereocenters. The minimum Gasteiger partial charge on any atom is -0.340 e. The first-order valence-electron chi connectivity index (χ1n) is 8.53. The molecule has 3 heterocycles. The molecule has 3 aliphatic rings. The Kier molecular flexibility index (Phi) is 4.82. The van der Waals surface area contributed by atoms with Crippen molar-refractivity contribution >= 4 is 5.91 Å². The highest BCUT2D eigenvalue weighted by Gasteiger charge is 2.33. The highest BCUT2D eigenvalue weighted by atomic mass is 16.2. The van der Waals surface area contributed by atoms with E-state index < -0.39 is 0 Å². The van der Waals surface area contributed by atoms with Crippen molar-refractivity contribution in [3.63, 3.8) is 0 Å². The molecule has 0 N–H and O–H groups in total. The van der Waals surface area contributed by atoms with Crippen LogP contribution in [0.25, 0.3) is 0 Å². The number of piperidine rings is 1. The molecule has 5 heteroatoms. The van der Waals surface area contributed by atoms with Gasteiger partial charge in [-0.3, -0.25) is 9.69 Å². The Morgan fingerprint density at radius 2 is 1.43 bits per heavy atom. The van der Waals surface area contributed by atoms with Crippen molar-refractivity contribution in [3.8, 4) is 0 Å². The van der Waals surface area contributed by atoms with Gasteiger partial charge in [0.15, 0.2) is 0 Å². The van der Waals surface area contributed by atoms with Crippen LogP contribution in [0.2, 0.25) is 0 Å². The molecule has 3 saturated heterocycles. The van der Waals surface area contributed by atoms with E-state index in [0.717, 1.165) is 51.7 Å². The molecule has 0 spiro atoms. The lowest BCUT2D eigenvalue weighted by Crippen LogP contribution is -2.55. The maximum absolute atomic E-state index is 12.5. The summed E-state index contributed by atoms with van der Waals surface area (Å²) >= 11 is 0. The van der Waals surface area contributed by atoms with E-state index >= 15 is 0 Å². The summed E-state index contributed by atoms with van der Waals surface area (Å²) in [5.41, 5.74) is 0. The SMILES string of the molecule is CN1CCC(N2CCN(C(=O)[C@@H]3CCN(C)C3)CC2)CC1. The molecule has 5 nitrogen and oxygen atoms in total. The van der Waals surface area contributed by atoms with Crippen LogP contribution >= 0.6 is 0 Å². The predicted octanol–water partition coefficient (Wildman–Crippen LogP) is 0.177. The summed E-state index contributed by atoms with van der Waals surface area (Å²) < 4.78 is 0. The summed E-state index contributed by atoms with van der Waals surface area (Å²) in [4.78, 5) is 22.0. The van der Waals surface area contributed by atoms with Crippen LogP contribution in [0.3, 0.4) is 0 Å². The predicted molar refractivity (Wildman–Crippen MR) is 84.3 cm³/mol. The fourth-order valence-corrected chi connectivity index (χ4v) is 4.06. The number of hydrogen-bond acceptors (Lipinski definition) is 4. The summed E-state index contributed by atoms with van der Waals surface area (Å²) in [6.07, 6.45) is 3.63. The highest BCUT2D eigenvalue weighted by Crippen LogP contribution is 2.21. The summed E-state index contributed by atoms with van der Waals surface area (Å²) in [6.45, 7) is 8.48. The quantitative estimate of drug-likeness (QED) is 0.727. The van der Waals surface area contributed by atoms with Gasteiger partial charge in [0.25, 0.3) is 0 Å². The topological polar surface area (TPSA) is 30.0 Å². The number of nitrogens with zero attached hydrogens (tertiary/aromatic N) is 4. The fourth-order valence-electron chi connectivity index (χ4n) is 4.06.